The van der Waals surface area contributed by atoms with E-state index in [2.05, 4.69) is 15.2 Å². The second-order valence-corrected chi connectivity index (χ2v) is 4.68. The Hall–Kier alpha value is -2.16. The first-order valence-electron chi connectivity index (χ1n) is 6.39. The predicted molar refractivity (Wildman–Crippen MR) is 68.2 cm³/mol. The molecule has 2 N–H and O–H groups in total. The average molecular weight is 298 g/mol. The lowest BCUT2D eigenvalue weighted by atomic mass is 10.2. The van der Waals surface area contributed by atoms with Gasteiger partial charge in [-0.25, -0.2) is 0 Å². The maximum absolute atomic E-state index is 12.8. The minimum atomic E-state index is -4.48. The molecule has 1 aliphatic heterocycles. The fraction of sp³-hybridized carbons (Fsp3) is 0.417. The molecule has 0 fully saturated rings. The molecular weight excluding hydrogens is 285 g/mol. The molecule has 0 spiro atoms. The molecule has 0 saturated heterocycles. The van der Waals surface area contributed by atoms with Crippen molar-refractivity contribution in [3.8, 4) is 0 Å². The summed E-state index contributed by atoms with van der Waals surface area (Å²) in [7, 11) is 0. The van der Waals surface area contributed by atoms with Crippen LogP contribution in [-0.4, -0.2) is 26.3 Å². The smallest absolute Gasteiger partial charge is 0.361 e. The minimum absolute atomic E-state index is 0.177. The van der Waals surface area contributed by atoms with Gasteiger partial charge in [-0.05, 0) is 12.1 Å². The third kappa shape index (κ3) is 2.44. The fourth-order valence-corrected chi connectivity index (χ4v) is 2.45. The molecule has 0 atom stereocenters. The Labute approximate surface area is 118 Å². The molecule has 0 amide bonds. The van der Waals surface area contributed by atoms with E-state index in [1.165, 1.54) is 0 Å². The highest BCUT2D eigenvalue weighted by atomic mass is 19.4. The van der Waals surface area contributed by atoms with Crippen LogP contribution in [0.3, 0.4) is 0 Å². The summed E-state index contributed by atoms with van der Waals surface area (Å²) in [6, 6.07) is 3.63. The highest BCUT2D eigenvalue weighted by molar-refractivity contribution is 5.50. The van der Waals surface area contributed by atoms with Crippen LogP contribution < -0.4 is 10.6 Å². The van der Waals surface area contributed by atoms with Gasteiger partial charge in [-0.3, -0.25) is 4.98 Å². The van der Waals surface area contributed by atoms with Crippen LogP contribution in [0.4, 0.5) is 18.9 Å². The van der Waals surface area contributed by atoms with Crippen molar-refractivity contribution in [1.29, 1.82) is 0 Å². The van der Waals surface area contributed by atoms with Crippen LogP contribution in [-0.2, 0) is 25.8 Å². The number of hydrogen-bond donors (Lipinski definition) is 1. The average Bonchev–Trinajstić information content (AvgIpc) is 2.90. The Kier molecular flexibility index (Phi) is 3.28. The van der Waals surface area contributed by atoms with Crippen molar-refractivity contribution in [2.24, 2.45) is 5.73 Å². The van der Waals surface area contributed by atoms with E-state index >= 15 is 0 Å². The Balaban J connectivity index is 1.90. The van der Waals surface area contributed by atoms with Crippen LogP contribution in [0.2, 0.25) is 0 Å². The molecule has 112 valence electrons. The van der Waals surface area contributed by atoms with Crippen LogP contribution >= 0.6 is 0 Å². The molecule has 6 nitrogen and oxygen atoms in total. The molecular formula is C12H13F3N6. The first-order valence-corrected chi connectivity index (χ1v) is 6.39. The Morgan fingerprint density at radius 1 is 1.24 bits per heavy atom. The number of fused-ring (bicyclic) bond motifs is 1. The van der Waals surface area contributed by atoms with Crippen molar-refractivity contribution < 1.29 is 13.2 Å². The molecule has 2 aromatic rings. The Morgan fingerprint density at radius 2 is 2.05 bits per heavy atom. The SMILES string of the molecule is NCc1ncccc1N1CCn2c(nnc2C(F)(F)F)C1. The highest BCUT2D eigenvalue weighted by Gasteiger charge is 2.39. The Bertz CT molecular complexity index is 651. The maximum Gasteiger partial charge on any atom is 0.451 e. The van der Waals surface area contributed by atoms with Gasteiger partial charge in [-0.1, -0.05) is 0 Å². The van der Waals surface area contributed by atoms with Gasteiger partial charge in [0.15, 0.2) is 5.82 Å². The van der Waals surface area contributed by atoms with Gasteiger partial charge in [0.25, 0.3) is 0 Å². The number of pyridine rings is 1. The lowest BCUT2D eigenvalue weighted by molar-refractivity contribution is -0.147. The minimum Gasteiger partial charge on any atom is -0.361 e. The van der Waals surface area contributed by atoms with E-state index < -0.39 is 12.0 Å². The van der Waals surface area contributed by atoms with Crippen molar-refractivity contribution in [2.45, 2.75) is 25.8 Å². The molecule has 0 saturated carbocycles. The molecule has 0 bridgehead atoms. The Morgan fingerprint density at radius 3 is 2.76 bits per heavy atom. The zero-order chi connectivity index (χ0) is 15.0. The number of nitrogens with zero attached hydrogens (tertiary/aromatic N) is 5. The van der Waals surface area contributed by atoms with Crippen LogP contribution in [0.15, 0.2) is 18.3 Å². The number of alkyl halides is 3. The molecule has 0 radical (unpaired) electrons. The van der Waals surface area contributed by atoms with Gasteiger partial charge in [0, 0.05) is 25.8 Å². The molecule has 0 aliphatic carbocycles. The summed E-state index contributed by atoms with van der Waals surface area (Å²) in [5.41, 5.74) is 7.17. The van der Waals surface area contributed by atoms with Gasteiger partial charge in [-0.2, -0.15) is 13.2 Å². The third-order valence-corrected chi connectivity index (χ3v) is 3.41. The number of anilines is 1. The first kappa shape index (κ1) is 13.8. The molecule has 2 aromatic heterocycles. The summed E-state index contributed by atoms with van der Waals surface area (Å²) in [6.07, 6.45) is -2.84. The summed E-state index contributed by atoms with van der Waals surface area (Å²) in [5, 5.41) is 6.91. The highest BCUT2D eigenvalue weighted by Crippen LogP contribution is 2.30. The van der Waals surface area contributed by atoms with Gasteiger partial charge in [-0.15, -0.1) is 10.2 Å². The van der Waals surface area contributed by atoms with E-state index in [0.29, 0.717) is 18.1 Å². The monoisotopic (exact) mass is 298 g/mol. The normalized spacial score (nSPS) is 15.1. The largest absolute Gasteiger partial charge is 0.451 e. The molecule has 9 heteroatoms. The van der Waals surface area contributed by atoms with E-state index in [9.17, 15) is 13.2 Å². The number of nitrogens with two attached hydrogens (primary N) is 1. The van der Waals surface area contributed by atoms with Crippen LogP contribution in [0.5, 0.6) is 0 Å². The van der Waals surface area contributed by atoms with Crippen molar-refractivity contribution in [1.82, 2.24) is 19.7 Å². The molecule has 1 aliphatic rings. The number of rotatable bonds is 2. The summed E-state index contributed by atoms with van der Waals surface area (Å²) >= 11 is 0. The molecule has 0 unspecified atom stereocenters. The topological polar surface area (TPSA) is 72.9 Å². The molecule has 0 aromatic carbocycles. The van der Waals surface area contributed by atoms with E-state index in [-0.39, 0.29) is 19.6 Å². The van der Waals surface area contributed by atoms with Crippen molar-refractivity contribution >= 4 is 5.69 Å². The zero-order valence-corrected chi connectivity index (χ0v) is 11.0. The van der Waals surface area contributed by atoms with Gasteiger partial charge in [0.05, 0.1) is 17.9 Å². The third-order valence-electron chi connectivity index (χ3n) is 3.41. The molecule has 3 heterocycles. The van der Waals surface area contributed by atoms with Crippen molar-refractivity contribution in [3.63, 3.8) is 0 Å². The van der Waals surface area contributed by atoms with E-state index in [0.717, 1.165) is 10.3 Å². The summed E-state index contributed by atoms with van der Waals surface area (Å²) in [4.78, 5) is 6.10. The lowest BCUT2D eigenvalue weighted by Gasteiger charge is -2.30. The van der Waals surface area contributed by atoms with Crippen molar-refractivity contribution in [3.05, 3.63) is 35.7 Å². The summed E-state index contributed by atoms with van der Waals surface area (Å²) in [5.74, 6) is -0.650. The van der Waals surface area contributed by atoms with E-state index in [1.807, 2.05) is 11.0 Å². The fourth-order valence-electron chi connectivity index (χ4n) is 2.45. The quantitative estimate of drug-likeness (QED) is 0.901. The number of halogens is 3. The predicted octanol–water partition coefficient (Wildman–Crippen LogP) is 1.17. The molecule has 3 rings (SSSR count). The number of hydrogen-bond acceptors (Lipinski definition) is 5. The first-order chi connectivity index (χ1) is 10.0. The van der Waals surface area contributed by atoms with Crippen LogP contribution in [0.25, 0.3) is 0 Å². The lowest BCUT2D eigenvalue weighted by Crippen LogP contribution is -2.36. The van der Waals surface area contributed by atoms with E-state index in [1.54, 1.807) is 12.3 Å². The van der Waals surface area contributed by atoms with Gasteiger partial charge in [0.1, 0.15) is 0 Å². The second kappa shape index (κ2) is 4.99. The van der Waals surface area contributed by atoms with Crippen molar-refractivity contribution in [2.75, 3.05) is 11.4 Å². The maximum atomic E-state index is 12.8. The van der Waals surface area contributed by atoms with Crippen LogP contribution in [0.1, 0.15) is 17.3 Å². The van der Waals surface area contributed by atoms with E-state index in [4.69, 9.17) is 5.73 Å². The second-order valence-electron chi connectivity index (χ2n) is 4.68. The zero-order valence-electron chi connectivity index (χ0n) is 11.0. The summed E-state index contributed by atoms with van der Waals surface area (Å²) in [6.45, 7) is 1.12. The number of aromatic nitrogens is 4. The molecule has 21 heavy (non-hydrogen) atoms. The van der Waals surface area contributed by atoms with Crippen LogP contribution in [0, 0.1) is 0 Å². The van der Waals surface area contributed by atoms with Gasteiger partial charge < -0.3 is 15.2 Å². The van der Waals surface area contributed by atoms with Gasteiger partial charge in [0.2, 0.25) is 5.82 Å². The van der Waals surface area contributed by atoms with Gasteiger partial charge >= 0.3 is 6.18 Å². The summed E-state index contributed by atoms with van der Waals surface area (Å²) < 4.78 is 39.5. The standard InChI is InChI=1S/C12H13F3N6/c13-12(14,15)11-19-18-10-7-20(4-5-21(10)11)9-2-1-3-17-8(9)6-16/h1-3H,4-7,16H2.